The topological polar surface area (TPSA) is 69.6 Å². The third-order valence-corrected chi connectivity index (χ3v) is 3.12. The van der Waals surface area contributed by atoms with Crippen LogP contribution in [0.15, 0.2) is 30.3 Å². The van der Waals surface area contributed by atoms with Crippen molar-refractivity contribution in [1.82, 2.24) is 10.4 Å². The van der Waals surface area contributed by atoms with Crippen molar-refractivity contribution in [2.24, 2.45) is 0 Å². The van der Waals surface area contributed by atoms with Crippen LogP contribution in [0.1, 0.15) is 29.6 Å². The molecule has 2 rings (SSSR count). The molecule has 1 heterocycles. The monoisotopic (exact) mass is 248 g/mol. The van der Waals surface area contributed by atoms with Gasteiger partial charge in [-0.2, -0.15) is 0 Å². The first-order valence-electron chi connectivity index (χ1n) is 6.01. The van der Waals surface area contributed by atoms with Crippen molar-refractivity contribution in [2.45, 2.75) is 25.3 Å². The summed E-state index contributed by atoms with van der Waals surface area (Å²) < 4.78 is 0. The average Bonchev–Trinajstić information content (AvgIpc) is 2.35. The molecule has 5 heteroatoms. The van der Waals surface area contributed by atoms with E-state index in [1.807, 2.05) is 23.2 Å². The molecule has 1 aliphatic heterocycles. The lowest BCUT2D eigenvalue weighted by Crippen LogP contribution is -2.57. The number of rotatable bonds is 5. The number of carboxylic acid groups (broad SMARTS) is 1. The predicted octanol–water partition coefficient (Wildman–Crippen LogP) is 1.27. The highest BCUT2D eigenvalue weighted by Crippen LogP contribution is 2.19. The SMILES string of the molecule is O=C(O)CC[C@@H]1CCN1NC(=O)c1ccccc1. The summed E-state index contributed by atoms with van der Waals surface area (Å²) >= 11 is 0. The lowest BCUT2D eigenvalue weighted by molar-refractivity contribution is -0.137. The van der Waals surface area contributed by atoms with Gasteiger partial charge in [0, 0.05) is 24.6 Å². The van der Waals surface area contributed by atoms with Crippen LogP contribution in [0, 0.1) is 0 Å². The largest absolute Gasteiger partial charge is 0.481 e. The van der Waals surface area contributed by atoms with Gasteiger partial charge in [-0.05, 0) is 25.0 Å². The molecular weight excluding hydrogens is 232 g/mol. The van der Waals surface area contributed by atoms with Crippen molar-refractivity contribution in [3.05, 3.63) is 35.9 Å². The molecule has 0 aromatic heterocycles. The maximum Gasteiger partial charge on any atom is 0.303 e. The van der Waals surface area contributed by atoms with E-state index < -0.39 is 5.97 Å². The van der Waals surface area contributed by atoms with Crippen LogP contribution >= 0.6 is 0 Å². The van der Waals surface area contributed by atoms with E-state index in [4.69, 9.17) is 5.11 Å². The average molecular weight is 248 g/mol. The lowest BCUT2D eigenvalue weighted by atomic mass is 10.0. The van der Waals surface area contributed by atoms with Gasteiger partial charge in [-0.25, -0.2) is 5.01 Å². The Bertz CT molecular complexity index is 433. The van der Waals surface area contributed by atoms with E-state index in [-0.39, 0.29) is 18.4 Å². The summed E-state index contributed by atoms with van der Waals surface area (Å²) in [7, 11) is 0. The maximum absolute atomic E-state index is 11.9. The highest BCUT2D eigenvalue weighted by molar-refractivity contribution is 5.93. The molecule has 0 unspecified atom stereocenters. The van der Waals surface area contributed by atoms with E-state index in [1.165, 1.54) is 0 Å². The molecule has 1 saturated heterocycles. The smallest absolute Gasteiger partial charge is 0.303 e. The van der Waals surface area contributed by atoms with Crippen molar-refractivity contribution in [1.29, 1.82) is 0 Å². The number of carbonyl (C=O) groups excluding carboxylic acids is 1. The molecule has 2 N–H and O–H groups in total. The van der Waals surface area contributed by atoms with Crippen molar-refractivity contribution >= 4 is 11.9 Å². The molecule has 5 nitrogen and oxygen atoms in total. The first-order valence-corrected chi connectivity index (χ1v) is 6.01. The molecular formula is C13H16N2O3. The molecule has 0 radical (unpaired) electrons. The molecule has 0 spiro atoms. The number of hydrazine groups is 1. The summed E-state index contributed by atoms with van der Waals surface area (Å²) in [5, 5.41) is 10.4. The molecule has 1 atom stereocenters. The van der Waals surface area contributed by atoms with Gasteiger partial charge in [-0.3, -0.25) is 15.0 Å². The number of carbonyl (C=O) groups is 2. The van der Waals surface area contributed by atoms with Gasteiger partial charge in [0.25, 0.3) is 5.91 Å². The van der Waals surface area contributed by atoms with E-state index >= 15 is 0 Å². The third kappa shape index (κ3) is 3.07. The molecule has 1 amide bonds. The minimum absolute atomic E-state index is 0.141. The first-order chi connectivity index (χ1) is 8.66. The fourth-order valence-corrected chi connectivity index (χ4v) is 1.96. The number of aliphatic carboxylic acids is 1. The zero-order valence-electron chi connectivity index (χ0n) is 10.0. The molecule has 0 saturated carbocycles. The predicted molar refractivity (Wildman–Crippen MR) is 65.9 cm³/mol. The van der Waals surface area contributed by atoms with Crippen LogP contribution in [0.25, 0.3) is 0 Å². The fourth-order valence-electron chi connectivity index (χ4n) is 1.96. The number of carboxylic acids is 1. The van der Waals surface area contributed by atoms with Crippen LogP contribution in [0.4, 0.5) is 0 Å². The van der Waals surface area contributed by atoms with E-state index in [0.717, 1.165) is 13.0 Å². The Hall–Kier alpha value is -1.88. The quantitative estimate of drug-likeness (QED) is 0.823. The summed E-state index contributed by atoms with van der Waals surface area (Å²) in [6, 6.07) is 9.13. The standard InChI is InChI=1S/C13H16N2O3/c16-12(17)7-6-11-8-9-15(11)14-13(18)10-4-2-1-3-5-10/h1-5,11H,6-9H2,(H,14,18)(H,16,17)/t11-/m1/s1. The fraction of sp³-hybridized carbons (Fsp3) is 0.385. The number of nitrogens with one attached hydrogen (secondary N) is 1. The summed E-state index contributed by atoms with van der Waals surface area (Å²) in [5.74, 6) is -0.938. The Labute approximate surface area is 105 Å². The van der Waals surface area contributed by atoms with Gasteiger partial charge >= 0.3 is 5.97 Å². The zero-order valence-corrected chi connectivity index (χ0v) is 10.0. The van der Waals surface area contributed by atoms with Gasteiger partial charge in [-0.1, -0.05) is 18.2 Å². The van der Waals surface area contributed by atoms with E-state index in [0.29, 0.717) is 12.0 Å². The minimum atomic E-state index is -0.795. The zero-order chi connectivity index (χ0) is 13.0. The number of nitrogens with zero attached hydrogens (tertiary/aromatic N) is 1. The Morgan fingerprint density at radius 1 is 1.33 bits per heavy atom. The Morgan fingerprint density at radius 2 is 2.06 bits per heavy atom. The molecule has 0 aliphatic carbocycles. The van der Waals surface area contributed by atoms with Gasteiger partial charge in [0.15, 0.2) is 0 Å². The van der Waals surface area contributed by atoms with Crippen molar-refractivity contribution < 1.29 is 14.7 Å². The van der Waals surface area contributed by atoms with Crippen LogP contribution in [0.3, 0.4) is 0 Å². The van der Waals surface area contributed by atoms with Crippen LogP contribution in [-0.2, 0) is 4.79 Å². The first kappa shape index (κ1) is 12.6. The minimum Gasteiger partial charge on any atom is -0.481 e. The lowest BCUT2D eigenvalue weighted by Gasteiger charge is -2.40. The van der Waals surface area contributed by atoms with Crippen molar-refractivity contribution in [3.63, 3.8) is 0 Å². The third-order valence-electron chi connectivity index (χ3n) is 3.12. The van der Waals surface area contributed by atoms with E-state index in [2.05, 4.69) is 5.43 Å². The molecule has 1 aromatic carbocycles. The maximum atomic E-state index is 11.9. The van der Waals surface area contributed by atoms with Gasteiger partial charge in [0.05, 0.1) is 0 Å². The second-order valence-corrected chi connectivity index (χ2v) is 4.38. The Morgan fingerprint density at radius 3 is 2.61 bits per heavy atom. The number of hydrogen-bond donors (Lipinski definition) is 2. The summed E-state index contributed by atoms with van der Waals surface area (Å²) in [6.07, 6.45) is 1.65. The molecule has 1 fully saturated rings. The molecule has 18 heavy (non-hydrogen) atoms. The van der Waals surface area contributed by atoms with Crippen LogP contribution < -0.4 is 5.43 Å². The van der Waals surface area contributed by atoms with Gasteiger partial charge in [0.2, 0.25) is 0 Å². The molecule has 1 aliphatic rings. The summed E-state index contributed by atoms with van der Waals surface area (Å²) in [4.78, 5) is 22.4. The second kappa shape index (κ2) is 5.64. The van der Waals surface area contributed by atoms with Gasteiger partial charge < -0.3 is 5.11 Å². The Balaban J connectivity index is 1.83. The van der Waals surface area contributed by atoms with Crippen LogP contribution in [0.5, 0.6) is 0 Å². The molecule has 1 aromatic rings. The summed E-state index contributed by atoms with van der Waals surface area (Å²) in [5.41, 5.74) is 3.42. The Kier molecular flexibility index (Phi) is 3.94. The highest BCUT2D eigenvalue weighted by Gasteiger charge is 2.29. The van der Waals surface area contributed by atoms with Gasteiger partial charge in [0.1, 0.15) is 0 Å². The number of benzene rings is 1. The number of amides is 1. The number of hydrogen-bond acceptors (Lipinski definition) is 3. The van der Waals surface area contributed by atoms with Crippen molar-refractivity contribution in [2.75, 3.05) is 6.54 Å². The highest BCUT2D eigenvalue weighted by atomic mass is 16.4. The second-order valence-electron chi connectivity index (χ2n) is 4.38. The molecule has 96 valence electrons. The van der Waals surface area contributed by atoms with Crippen LogP contribution in [0.2, 0.25) is 0 Å². The molecule has 0 bridgehead atoms. The van der Waals surface area contributed by atoms with Crippen LogP contribution in [-0.4, -0.2) is 34.6 Å². The van der Waals surface area contributed by atoms with Gasteiger partial charge in [-0.15, -0.1) is 0 Å². The van der Waals surface area contributed by atoms with E-state index in [9.17, 15) is 9.59 Å². The van der Waals surface area contributed by atoms with Crippen molar-refractivity contribution in [3.8, 4) is 0 Å². The summed E-state index contributed by atoms with van der Waals surface area (Å²) in [6.45, 7) is 0.781. The normalized spacial score (nSPS) is 19.0. The van der Waals surface area contributed by atoms with E-state index in [1.54, 1.807) is 12.1 Å².